The van der Waals surface area contributed by atoms with E-state index in [1.807, 2.05) is 0 Å². The summed E-state index contributed by atoms with van der Waals surface area (Å²) in [6.07, 6.45) is 0. The maximum Gasteiger partial charge on any atom is 0.140 e. The Morgan fingerprint density at radius 3 is 0.895 bits per heavy atom. The van der Waals surface area contributed by atoms with Gasteiger partial charge in [0.2, 0.25) is 0 Å². The van der Waals surface area contributed by atoms with Gasteiger partial charge in [0.05, 0.1) is 55.5 Å². The number of quaternary nitrogens is 2. The molecule has 0 aliphatic rings. The number of aliphatic hydroxyl groups is 2. The number of likely N-dealkylation sites (N-methyl/N-ethyl adjacent to an activating group) is 2. The topological polar surface area (TPSA) is 127 Å². The Kier molecular flexibility index (Phi) is 13.4. The molecule has 0 aromatic heterocycles. The second-order valence-corrected chi connectivity index (χ2v) is 7.12. The van der Waals surface area contributed by atoms with Crippen molar-refractivity contribution < 1.29 is 38.4 Å². The highest BCUT2D eigenvalue weighted by Crippen LogP contribution is 1.85. The van der Waals surface area contributed by atoms with Gasteiger partial charge in [-0.2, -0.15) is 0 Å². The van der Waals surface area contributed by atoms with Crippen LogP contribution in [0.25, 0.3) is 0 Å². The fraction of sp³-hybridized carbons (Fsp3) is 1.00. The molecule has 0 rings (SSSR count). The molecule has 0 aliphatic heterocycles. The Bertz CT molecular complexity index is 176. The number of rotatable bonds is 4. The molecule has 120 valence electrons. The van der Waals surface area contributed by atoms with Crippen LogP contribution in [0, 0.1) is 0 Å². The van der Waals surface area contributed by atoms with Crippen molar-refractivity contribution in [1.82, 2.24) is 0 Å². The van der Waals surface area contributed by atoms with E-state index in [4.69, 9.17) is 29.4 Å². The standard InChI is InChI=1S/2C5H14NO.H2O4Si/c2*1-6(2,3)4-5-7;1-5(2,3)4/h2*7H,4-5H2,1-3H3;1-2H/q2*+1;-2. The number of hydrogen-bond donors (Lipinski definition) is 4. The van der Waals surface area contributed by atoms with E-state index in [1.165, 1.54) is 0 Å². The molecule has 0 radical (unpaired) electrons. The van der Waals surface area contributed by atoms with E-state index in [9.17, 15) is 0 Å². The van der Waals surface area contributed by atoms with Gasteiger partial charge >= 0.3 is 0 Å². The zero-order valence-corrected chi connectivity index (χ0v) is 13.8. The van der Waals surface area contributed by atoms with Crippen LogP contribution in [0.2, 0.25) is 0 Å². The molecule has 9 heteroatoms. The van der Waals surface area contributed by atoms with E-state index < -0.39 is 9.05 Å². The van der Waals surface area contributed by atoms with E-state index in [2.05, 4.69) is 42.3 Å². The quantitative estimate of drug-likeness (QED) is 0.306. The molecule has 0 bridgehead atoms. The average Bonchev–Trinajstić information content (AvgIpc) is 1.95. The lowest BCUT2D eigenvalue weighted by Crippen LogP contribution is -2.63. The highest BCUT2D eigenvalue weighted by atomic mass is 28.4. The lowest BCUT2D eigenvalue weighted by Gasteiger charge is -2.29. The zero-order chi connectivity index (χ0) is 16.3. The van der Waals surface area contributed by atoms with Crippen LogP contribution in [0.4, 0.5) is 0 Å². The van der Waals surface area contributed by atoms with Crippen molar-refractivity contribution in [3.63, 3.8) is 0 Å². The molecule has 0 saturated heterocycles. The maximum absolute atomic E-state index is 8.80. The minimum atomic E-state index is -5.11. The van der Waals surface area contributed by atoms with Crippen LogP contribution in [0.15, 0.2) is 0 Å². The molecule has 0 heterocycles. The summed E-state index contributed by atoms with van der Waals surface area (Å²) in [5.74, 6) is 0. The van der Waals surface area contributed by atoms with Gasteiger partial charge in [-0.1, -0.05) is 0 Å². The lowest BCUT2D eigenvalue weighted by atomic mass is 10.5. The molecule has 8 nitrogen and oxygen atoms in total. The second kappa shape index (κ2) is 10.7. The summed E-state index contributed by atoms with van der Waals surface area (Å²) < 4.78 is 1.69. The smallest absolute Gasteiger partial charge is 0.140 e. The van der Waals surface area contributed by atoms with Gasteiger partial charge in [0.15, 0.2) is 0 Å². The molecule has 0 spiro atoms. The minimum Gasteiger partial charge on any atom is -0.828 e. The summed E-state index contributed by atoms with van der Waals surface area (Å²) in [5.41, 5.74) is 0. The Hall–Kier alpha value is -0.103. The van der Waals surface area contributed by atoms with Gasteiger partial charge in [-0.05, 0) is 0 Å². The van der Waals surface area contributed by atoms with Crippen molar-refractivity contribution in [2.45, 2.75) is 0 Å². The fourth-order valence-corrected chi connectivity index (χ4v) is 0.600. The van der Waals surface area contributed by atoms with Crippen LogP contribution >= 0.6 is 0 Å². The van der Waals surface area contributed by atoms with Crippen LogP contribution in [0.5, 0.6) is 0 Å². The first-order valence-electron chi connectivity index (χ1n) is 5.80. The first kappa shape index (κ1) is 24.0. The first-order valence-corrected chi connectivity index (χ1v) is 7.51. The van der Waals surface area contributed by atoms with E-state index >= 15 is 0 Å². The van der Waals surface area contributed by atoms with Gasteiger partial charge in [0.1, 0.15) is 22.1 Å². The largest absolute Gasteiger partial charge is 0.828 e. The van der Waals surface area contributed by atoms with E-state index in [0.717, 1.165) is 22.1 Å². The summed E-state index contributed by atoms with van der Waals surface area (Å²) in [6, 6.07) is 0. The third kappa shape index (κ3) is 72.5. The summed E-state index contributed by atoms with van der Waals surface area (Å²) >= 11 is 0. The Balaban J connectivity index is -0.000000206. The Morgan fingerprint density at radius 2 is 0.895 bits per heavy atom. The third-order valence-corrected chi connectivity index (χ3v) is 1.54. The Morgan fingerprint density at radius 1 is 0.737 bits per heavy atom. The maximum atomic E-state index is 8.80. The zero-order valence-electron chi connectivity index (χ0n) is 12.8. The first-order chi connectivity index (χ1) is 8.12. The average molecular weight is 302 g/mol. The van der Waals surface area contributed by atoms with Crippen molar-refractivity contribution in [3.05, 3.63) is 0 Å². The predicted molar refractivity (Wildman–Crippen MR) is 70.2 cm³/mol. The van der Waals surface area contributed by atoms with Gasteiger partial charge in [-0.3, -0.25) is 0 Å². The predicted octanol–water partition coefficient (Wildman–Crippen LogP) is -4.50. The van der Waals surface area contributed by atoms with Crippen LogP contribution < -0.4 is 9.59 Å². The fourth-order valence-electron chi connectivity index (χ4n) is 0.600. The van der Waals surface area contributed by atoms with Crippen LogP contribution in [-0.4, -0.2) is 106 Å². The van der Waals surface area contributed by atoms with Gasteiger partial charge in [0.25, 0.3) is 0 Å². The molecule has 0 aromatic carbocycles. The van der Waals surface area contributed by atoms with Crippen LogP contribution in [-0.2, 0) is 0 Å². The van der Waals surface area contributed by atoms with E-state index in [1.54, 1.807) is 0 Å². The summed E-state index contributed by atoms with van der Waals surface area (Å²) in [6.45, 7) is 2.23. The third-order valence-electron chi connectivity index (χ3n) is 1.54. The molecule has 19 heavy (non-hydrogen) atoms. The number of nitrogens with zero attached hydrogens (tertiary/aromatic N) is 2. The molecular formula is C10H30N2O6Si. The summed E-state index contributed by atoms with van der Waals surface area (Å²) in [7, 11) is 7.20. The second-order valence-electron chi connectivity index (χ2n) is 6.02. The molecule has 0 atom stereocenters. The SMILES string of the molecule is C[N+](C)(C)CCO.C[N+](C)(C)CCO.[O-][Si]([O-])(O)O. The Labute approximate surface area is 117 Å². The van der Waals surface area contributed by atoms with Crippen molar-refractivity contribution in [1.29, 1.82) is 0 Å². The highest BCUT2D eigenvalue weighted by molar-refractivity contribution is 6.42. The van der Waals surface area contributed by atoms with Crippen molar-refractivity contribution in [2.75, 3.05) is 68.6 Å². The van der Waals surface area contributed by atoms with Crippen molar-refractivity contribution >= 4 is 9.05 Å². The van der Waals surface area contributed by atoms with E-state index in [0.29, 0.717) is 0 Å². The summed E-state index contributed by atoms with van der Waals surface area (Å²) in [4.78, 5) is 31.8. The van der Waals surface area contributed by atoms with Crippen molar-refractivity contribution in [3.8, 4) is 0 Å². The lowest BCUT2D eigenvalue weighted by molar-refractivity contribution is -0.870. The van der Waals surface area contributed by atoms with Gasteiger partial charge in [-0.25, -0.2) is 0 Å². The molecule has 0 amide bonds. The highest BCUT2D eigenvalue weighted by Gasteiger charge is 2.02. The summed E-state index contributed by atoms with van der Waals surface area (Å²) in [5, 5.41) is 16.8. The molecule has 0 unspecified atom stereocenters. The number of hydrogen-bond acceptors (Lipinski definition) is 6. The molecule has 0 aromatic rings. The molecule has 0 saturated carbocycles. The monoisotopic (exact) mass is 302 g/mol. The van der Waals surface area contributed by atoms with Gasteiger partial charge in [0, 0.05) is 0 Å². The molecule has 4 N–H and O–H groups in total. The molecular weight excluding hydrogens is 272 g/mol. The van der Waals surface area contributed by atoms with Crippen LogP contribution in [0.1, 0.15) is 0 Å². The van der Waals surface area contributed by atoms with E-state index in [-0.39, 0.29) is 13.2 Å². The van der Waals surface area contributed by atoms with Gasteiger partial charge in [-0.15, -0.1) is 0 Å². The number of aliphatic hydroxyl groups excluding tert-OH is 2. The van der Waals surface area contributed by atoms with Crippen LogP contribution in [0.3, 0.4) is 0 Å². The van der Waals surface area contributed by atoms with Crippen molar-refractivity contribution in [2.24, 2.45) is 0 Å². The molecule has 0 aliphatic carbocycles. The minimum absolute atomic E-state index is 0.281. The van der Waals surface area contributed by atoms with Gasteiger partial charge < -0.3 is 38.4 Å². The molecule has 0 fully saturated rings. The normalized spacial score (nSPS) is 12.0.